The van der Waals surface area contributed by atoms with Crippen molar-refractivity contribution in [2.75, 3.05) is 19.5 Å². The highest BCUT2D eigenvalue weighted by molar-refractivity contribution is 9.09. The highest BCUT2D eigenvalue weighted by Gasteiger charge is 2.05. The van der Waals surface area contributed by atoms with Crippen molar-refractivity contribution < 1.29 is 14.3 Å². The molecule has 0 unspecified atom stereocenters. The van der Waals surface area contributed by atoms with Gasteiger partial charge in [0.1, 0.15) is 17.3 Å². The van der Waals surface area contributed by atoms with Gasteiger partial charge in [-0.25, -0.2) is 0 Å². The van der Waals surface area contributed by atoms with Gasteiger partial charge >= 0.3 is 0 Å². The van der Waals surface area contributed by atoms with Crippen LogP contribution in [0.15, 0.2) is 18.2 Å². The minimum Gasteiger partial charge on any atom is -0.497 e. The standard InChI is InChI=1S/C11H13BrO3/c1-14-10-4-8(3-9(13)7-12)5-11(6-10)15-2/h4-6H,3,7H2,1-2H3. The quantitative estimate of drug-likeness (QED) is 0.771. The second kappa shape index (κ2) is 5.75. The van der Waals surface area contributed by atoms with E-state index in [0.717, 1.165) is 5.56 Å². The van der Waals surface area contributed by atoms with E-state index >= 15 is 0 Å². The summed E-state index contributed by atoms with van der Waals surface area (Å²) in [7, 11) is 3.18. The molecular formula is C11H13BrO3. The number of ketones is 1. The summed E-state index contributed by atoms with van der Waals surface area (Å²) >= 11 is 3.13. The largest absolute Gasteiger partial charge is 0.497 e. The minimum atomic E-state index is 0.130. The second-order valence-corrected chi connectivity index (χ2v) is 3.63. The van der Waals surface area contributed by atoms with Crippen LogP contribution in [0, 0.1) is 0 Å². The van der Waals surface area contributed by atoms with Crippen LogP contribution in [0.3, 0.4) is 0 Å². The van der Waals surface area contributed by atoms with Crippen molar-refractivity contribution in [3.8, 4) is 11.5 Å². The first-order valence-corrected chi connectivity index (χ1v) is 5.61. The van der Waals surface area contributed by atoms with Crippen LogP contribution in [0.25, 0.3) is 0 Å². The maximum atomic E-state index is 11.3. The van der Waals surface area contributed by atoms with E-state index in [1.54, 1.807) is 20.3 Å². The Hall–Kier alpha value is -1.03. The summed E-state index contributed by atoms with van der Waals surface area (Å²) in [5.41, 5.74) is 0.899. The molecule has 0 aliphatic carbocycles. The fourth-order valence-corrected chi connectivity index (χ4v) is 1.44. The second-order valence-electron chi connectivity index (χ2n) is 3.07. The molecule has 0 atom stereocenters. The van der Waals surface area contributed by atoms with Gasteiger partial charge in [-0.2, -0.15) is 0 Å². The van der Waals surface area contributed by atoms with E-state index in [1.165, 1.54) is 0 Å². The molecule has 0 fully saturated rings. The molecule has 0 aliphatic heterocycles. The predicted octanol–water partition coefficient (Wildman–Crippen LogP) is 2.21. The molecule has 15 heavy (non-hydrogen) atoms. The maximum absolute atomic E-state index is 11.3. The Morgan fingerprint density at radius 3 is 2.13 bits per heavy atom. The van der Waals surface area contributed by atoms with E-state index < -0.39 is 0 Å². The molecular weight excluding hydrogens is 260 g/mol. The van der Waals surface area contributed by atoms with E-state index in [1.807, 2.05) is 12.1 Å². The molecule has 0 aliphatic rings. The molecule has 1 aromatic carbocycles. The van der Waals surface area contributed by atoms with Gasteiger partial charge in [0, 0.05) is 12.5 Å². The zero-order chi connectivity index (χ0) is 11.3. The molecule has 0 saturated carbocycles. The van der Waals surface area contributed by atoms with Crippen molar-refractivity contribution in [1.29, 1.82) is 0 Å². The van der Waals surface area contributed by atoms with Crippen molar-refractivity contribution in [2.45, 2.75) is 6.42 Å². The Bertz CT molecular complexity index is 327. The van der Waals surface area contributed by atoms with Crippen molar-refractivity contribution in [1.82, 2.24) is 0 Å². The lowest BCUT2D eigenvalue weighted by atomic mass is 10.1. The summed E-state index contributed by atoms with van der Waals surface area (Å²) in [6, 6.07) is 5.45. The minimum absolute atomic E-state index is 0.130. The van der Waals surface area contributed by atoms with Crippen LogP contribution in [0.1, 0.15) is 5.56 Å². The first kappa shape index (κ1) is 12.0. The Balaban J connectivity index is 2.91. The third kappa shape index (κ3) is 3.55. The molecule has 3 nitrogen and oxygen atoms in total. The number of methoxy groups -OCH3 is 2. The molecule has 0 amide bonds. The molecule has 0 spiro atoms. The Kier molecular flexibility index (Phi) is 4.62. The number of carbonyl (C=O) groups is 1. The third-order valence-corrected chi connectivity index (χ3v) is 2.59. The summed E-state index contributed by atoms with van der Waals surface area (Å²) in [6.45, 7) is 0. The lowest BCUT2D eigenvalue weighted by Gasteiger charge is -2.07. The number of halogens is 1. The van der Waals surface area contributed by atoms with Crippen LogP contribution in [0.2, 0.25) is 0 Å². The van der Waals surface area contributed by atoms with E-state index in [0.29, 0.717) is 23.2 Å². The molecule has 82 valence electrons. The smallest absolute Gasteiger partial charge is 0.147 e. The van der Waals surface area contributed by atoms with Gasteiger partial charge in [0.15, 0.2) is 0 Å². The normalized spacial score (nSPS) is 9.80. The van der Waals surface area contributed by atoms with Gasteiger partial charge in [0.05, 0.1) is 19.5 Å². The molecule has 1 aromatic rings. The lowest BCUT2D eigenvalue weighted by molar-refractivity contribution is -0.115. The van der Waals surface area contributed by atoms with Crippen LogP contribution in [0.5, 0.6) is 11.5 Å². The van der Waals surface area contributed by atoms with Crippen LogP contribution >= 0.6 is 15.9 Å². The lowest BCUT2D eigenvalue weighted by Crippen LogP contribution is -2.03. The first-order valence-electron chi connectivity index (χ1n) is 4.49. The van der Waals surface area contributed by atoms with Crippen LogP contribution in [-0.4, -0.2) is 25.3 Å². The zero-order valence-corrected chi connectivity index (χ0v) is 10.3. The van der Waals surface area contributed by atoms with E-state index in [-0.39, 0.29) is 5.78 Å². The van der Waals surface area contributed by atoms with Gasteiger partial charge < -0.3 is 9.47 Å². The number of benzene rings is 1. The third-order valence-electron chi connectivity index (χ3n) is 1.96. The Labute approximate surface area is 97.5 Å². The molecule has 0 heterocycles. The van der Waals surface area contributed by atoms with Crippen LogP contribution < -0.4 is 9.47 Å². The topological polar surface area (TPSA) is 35.5 Å². The summed E-state index contributed by atoms with van der Waals surface area (Å²) in [4.78, 5) is 11.3. The van der Waals surface area contributed by atoms with E-state index in [9.17, 15) is 4.79 Å². The van der Waals surface area contributed by atoms with Gasteiger partial charge in [0.2, 0.25) is 0 Å². The number of Topliss-reactive ketones (excluding diaryl/α,β-unsaturated/α-hetero) is 1. The van der Waals surface area contributed by atoms with Crippen molar-refractivity contribution in [3.63, 3.8) is 0 Å². The number of alkyl halides is 1. The number of hydrogen-bond acceptors (Lipinski definition) is 3. The van der Waals surface area contributed by atoms with Gasteiger partial charge in [-0.1, -0.05) is 15.9 Å². The van der Waals surface area contributed by atoms with Crippen molar-refractivity contribution >= 4 is 21.7 Å². The van der Waals surface area contributed by atoms with Crippen LogP contribution in [0.4, 0.5) is 0 Å². The molecule has 0 aromatic heterocycles. The summed E-state index contributed by atoms with van der Waals surface area (Å²) in [5, 5.41) is 0.368. The monoisotopic (exact) mass is 272 g/mol. The molecule has 4 heteroatoms. The summed E-state index contributed by atoms with van der Waals surface area (Å²) < 4.78 is 10.2. The highest BCUT2D eigenvalue weighted by Crippen LogP contribution is 2.22. The number of ether oxygens (including phenoxy) is 2. The average Bonchev–Trinajstić information content (AvgIpc) is 2.28. The summed E-state index contributed by atoms with van der Waals surface area (Å²) in [6.07, 6.45) is 0.388. The first-order chi connectivity index (χ1) is 7.19. The summed E-state index contributed by atoms with van der Waals surface area (Å²) in [5.74, 6) is 1.53. The number of rotatable bonds is 5. The fourth-order valence-electron chi connectivity index (χ4n) is 1.24. The van der Waals surface area contributed by atoms with Gasteiger partial charge in [0.25, 0.3) is 0 Å². The zero-order valence-electron chi connectivity index (χ0n) is 8.75. The number of hydrogen-bond donors (Lipinski definition) is 0. The van der Waals surface area contributed by atoms with E-state index in [4.69, 9.17) is 9.47 Å². The highest BCUT2D eigenvalue weighted by atomic mass is 79.9. The average molecular weight is 273 g/mol. The Morgan fingerprint density at radius 2 is 1.73 bits per heavy atom. The fraction of sp³-hybridized carbons (Fsp3) is 0.364. The van der Waals surface area contributed by atoms with Crippen molar-refractivity contribution in [2.24, 2.45) is 0 Å². The SMILES string of the molecule is COc1cc(CC(=O)CBr)cc(OC)c1. The predicted molar refractivity (Wildman–Crippen MR) is 62.1 cm³/mol. The van der Waals surface area contributed by atoms with Crippen molar-refractivity contribution in [3.05, 3.63) is 23.8 Å². The van der Waals surface area contributed by atoms with Gasteiger partial charge in [-0.05, 0) is 17.7 Å². The van der Waals surface area contributed by atoms with Gasteiger partial charge in [-0.15, -0.1) is 0 Å². The Morgan fingerprint density at radius 1 is 1.20 bits per heavy atom. The molecule has 0 saturated heterocycles. The molecule has 0 N–H and O–H groups in total. The number of carbonyl (C=O) groups excluding carboxylic acids is 1. The molecule has 0 bridgehead atoms. The molecule has 0 radical (unpaired) electrons. The van der Waals surface area contributed by atoms with E-state index in [2.05, 4.69) is 15.9 Å². The van der Waals surface area contributed by atoms with Gasteiger partial charge in [-0.3, -0.25) is 4.79 Å². The molecule has 1 rings (SSSR count). The maximum Gasteiger partial charge on any atom is 0.147 e. The van der Waals surface area contributed by atoms with Crippen LogP contribution in [-0.2, 0) is 11.2 Å².